The maximum Gasteiger partial charge on any atom is 0.0408 e. The first-order chi connectivity index (χ1) is 9.72. The fourth-order valence-corrected chi connectivity index (χ4v) is 4.07. The molecule has 1 nitrogen and oxygen atoms in total. The molecule has 20 heavy (non-hydrogen) atoms. The summed E-state index contributed by atoms with van der Waals surface area (Å²) >= 11 is 6.07. The van der Waals surface area contributed by atoms with Crippen LogP contribution in [0.1, 0.15) is 62.6 Å². The van der Waals surface area contributed by atoms with E-state index in [1.54, 1.807) is 0 Å². The molecule has 0 spiro atoms. The van der Waals surface area contributed by atoms with E-state index in [2.05, 4.69) is 24.4 Å². The monoisotopic (exact) mass is 291 g/mol. The molecule has 0 radical (unpaired) electrons. The van der Waals surface area contributed by atoms with Gasteiger partial charge in [0.1, 0.15) is 0 Å². The van der Waals surface area contributed by atoms with E-state index >= 15 is 0 Å². The predicted molar refractivity (Wildman–Crippen MR) is 86.3 cm³/mol. The fourth-order valence-electron chi connectivity index (χ4n) is 3.88. The van der Waals surface area contributed by atoms with Crippen LogP contribution in [0.25, 0.3) is 0 Å². The van der Waals surface area contributed by atoms with Gasteiger partial charge < -0.3 is 5.32 Å². The highest BCUT2D eigenvalue weighted by atomic mass is 35.5. The third-order valence-corrected chi connectivity index (χ3v) is 5.50. The Labute approximate surface area is 128 Å². The van der Waals surface area contributed by atoms with Gasteiger partial charge in [0.25, 0.3) is 0 Å². The molecule has 2 heteroatoms. The van der Waals surface area contributed by atoms with Crippen molar-refractivity contribution in [2.24, 2.45) is 11.8 Å². The zero-order chi connectivity index (χ0) is 13.9. The lowest BCUT2D eigenvalue weighted by Gasteiger charge is -2.26. The fraction of sp³-hybridized carbons (Fsp3) is 0.667. The minimum atomic E-state index is 0.560. The maximum atomic E-state index is 6.07. The molecule has 1 saturated carbocycles. The molecule has 1 aromatic carbocycles. The number of hydrogen-bond acceptors (Lipinski definition) is 1. The molecule has 0 aliphatic heterocycles. The smallest absolute Gasteiger partial charge is 0.0408 e. The number of rotatable bonds is 4. The lowest BCUT2D eigenvalue weighted by molar-refractivity contribution is 0.272. The molecule has 0 amide bonds. The quantitative estimate of drug-likeness (QED) is 0.810. The zero-order valence-corrected chi connectivity index (χ0v) is 13.3. The Hall–Kier alpha value is -0.530. The summed E-state index contributed by atoms with van der Waals surface area (Å²) in [5, 5.41) is 4.65. The first-order valence-corrected chi connectivity index (χ1v) is 8.62. The highest BCUT2D eigenvalue weighted by Crippen LogP contribution is 2.34. The third kappa shape index (κ3) is 3.38. The van der Waals surface area contributed by atoms with Crippen LogP contribution in [0.5, 0.6) is 0 Å². The Morgan fingerprint density at radius 1 is 1.15 bits per heavy atom. The molecule has 0 saturated heterocycles. The average Bonchev–Trinajstić information content (AvgIpc) is 2.83. The SMILES string of the molecule is CC1CCC(CCNC2CCc3cc(Cl)ccc32)CC1. The van der Waals surface area contributed by atoms with E-state index in [9.17, 15) is 0 Å². The number of aryl methyl sites for hydroxylation is 1. The highest BCUT2D eigenvalue weighted by molar-refractivity contribution is 6.30. The molecule has 2 aliphatic rings. The lowest BCUT2D eigenvalue weighted by atomic mass is 9.81. The standard InChI is InChI=1S/C18H26ClN/c1-13-2-4-14(5-3-13)10-11-20-18-9-6-15-12-16(19)7-8-17(15)18/h7-8,12-14,18,20H,2-6,9-11H2,1H3. The van der Waals surface area contributed by atoms with Crippen molar-refractivity contribution in [3.05, 3.63) is 34.3 Å². The summed E-state index contributed by atoms with van der Waals surface area (Å²) in [6.45, 7) is 3.57. The second-order valence-electron chi connectivity index (χ2n) is 6.80. The Morgan fingerprint density at radius 2 is 1.95 bits per heavy atom. The van der Waals surface area contributed by atoms with E-state index < -0.39 is 0 Å². The van der Waals surface area contributed by atoms with Gasteiger partial charge in [-0.25, -0.2) is 0 Å². The van der Waals surface area contributed by atoms with Gasteiger partial charge >= 0.3 is 0 Å². The topological polar surface area (TPSA) is 12.0 Å². The summed E-state index contributed by atoms with van der Waals surface area (Å²) in [7, 11) is 0. The summed E-state index contributed by atoms with van der Waals surface area (Å²) in [6, 6.07) is 6.94. The van der Waals surface area contributed by atoms with Gasteiger partial charge in [-0.05, 0) is 60.9 Å². The van der Waals surface area contributed by atoms with Crippen LogP contribution in [0.4, 0.5) is 0 Å². The molecular formula is C18H26ClN. The molecule has 110 valence electrons. The highest BCUT2D eigenvalue weighted by Gasteiger charge is 2.23. The summed E-state index contributed by atoms with van der Waals surface area (Å²) in [4.78, 5) is 0. The van der Waals surface area contributed by atoms with Crippen LogP contribution in [0.2, 0.25) is 5.02 Å². The number of halogens is 1. The van der Waals surface area contributed by atoms with Crippen molar-refractivity contribution in [3.8, 4) is 0 Å². The van der Waals surface area contributed by atoms with E-state index in [0.717, 1.165) is 16.9 Å². The molecule has 3 rings (SSSR count). The molecular weight excluding hydrogens is 266 g/mol. The Kier molecular flexibility index (Phi) is 4.68. The van der Waals surface area contributed by atoms with E-state index in [-0.39, 0.29) is 0 Å². The molecule has 1 unspecified atom stereocenters. The maximum absolute atomic E-state index is 6.07. The largest absolute Gasteiger partial charge is 0.310 e. The minimum absolute atomic E-state index is 0.560. The summed E-state index contributed by atoms with van der Waals surface area (Å²) < 4.78 is 0. The van der Waals surface area contributed by atoms with Crippen LogP contribution in [0.3, 0.4) is 0 Å². The summed E-state index contributed by atoms with van der Waals surface area (Å²) in [6.07, 6.45) is 9.53. The van der Waals surface area contributed by atoms with Crippen molar-refractivity contribution >= 4 is 11.6 Å². The van der Waals surface area contributed by atoms with Crippen molar-refractivity contribution < 1.29 is 0 Å². The summed E-state index contributed by atoms with van der Waals surface area (Å²) in [5.41, 5.74) is 2.92. The Morgan fingerprint density at radius 3 is 2.75 bits per heavy atom. The molecule has 0 bridgehead atoms. The van der Waals surface area contributed by atoms with Crippen LogP contribution in [0, 0.1) is 11.8 Å². The normalized spacial score (nSPS) is 29.4. The number of hydrogen-bond donors (Lipinski definition) is 1. The van der Waals surface area contributed by atoms with Crippen molar-refractivity contribution in [2.45, 2.75) is 57.9 Å². The van der Waals surface area contributed by atoms with Gasteiger partial charge in [-0.2, -0.15) is 0 Å². The number of nitrogens with one attached hydrogen (secondary N) is 1. The third-order valence-electron chi connectivity index (χ3n) is 5.26. The summed E-state index contributed by atoms with van der Waals surface area (Å²) in [5.74, 6) is 1.93. The van der Waals surface area contributed by atoms with Crippen LogP contribution in [-0.4, -0.2) is 6.54 Å². The first-order valence-electron chi connectivity index (χ1n) is 8.24. The van der Waals surface area contributed by atoms with Gasteiger partial charge in [0, 0.05) is 11.1 Å². The van der Waals surface area contributed by atoms with Gasteiger partial charge in [-0.15, -0.1) is 0 Å². The van der Waals surface area contributed by atoms with Crippen molar-refractivity contribution in [1.82, 2.24) is 5.32 Å². The molecule has 1 atom stereocenters. The van der Waals surface area contributed by atoms with E-state index in [4.69, 9.17) is 11.6 Å². The van der Waals surface area contributed by atoms with Crippen molar-refractivity contribution in [2.75, 3.05) is 6.54 Å². The van der Waals surface area contributed by atoms with Crippen LogP contribution in [0.15, 0.2) is 18.2 Å². The van der Waals surface area contributed by atoms with E-state index in [1.165, 1.54) is 62.6 Å². The number of benzene rings is 1. The molecule has 0 heterocycles. The van der Waals surface area contributed by atoms with E-state index in [0.29, 0.717) is 6.04 Å². The van der Waals surface area contributed by atoms with Gasteiger partial charge in [0.15, 0.2) is 0 Å². The zero-order valence-electron chi connectivity index (χ0n) is 12.5. The van der Waals surface area contributed by atoms with Crippen LogP contribution in [-0.2, 0) is 6.42 Å². The van der Waals surface area contributed by atoms with Crippen molar-refractivity contribution in [3.63, 3.8) is 0 Å². The second-order valence-corrected chi connectivity index (χ2v) is 7.24. The molecule has 1 N–H and O–H groups in total. The molecule has 1 fully saturated rings. The second kappa shape index (κ2) is 6.49. The van der Waals surface area contributed by atoms with E-state index in [1.807, 2.05) is 6.07 Å². The molecule has 2 aliphatic carbocycles. The van der Waals surface area contributed by atoms with Crippen molar-refractivity contribution in [1.29, 1.82) is 0 Å². The van der Waals surface area contributed by atoms with Crippen LogP contribution < -0.4 is 5.32 Å². The molecule has 0 aromatic heterocycles. The first kappa shape index (κ1) is 14.4. The van der Waals surface area contributed by atoms with Gasteiger partial charge in [-0.3, -0.25) is 0 Å². The number of fused-ring (bicyclic) bond motifs is 1. The van der Waals surface area contributed by atoms with Crippen LogP contribution >= 0.6 is 11.6 Å². The van der Waals surface area contributed by atoms with Gasteiger partial charge in [0.2, 0.25) is 0 Å². The predicted octanol–water partition coefficient (Wildman–Crippen LogP) is 5.13. The van der Waals surface area contributed by atoms with Gasteiger partial charge in [0.05, 0.1) is 0 Å². The lowest BCUT2D eigenvalue weighted by Crippen LogP contribution is -2.23. The Bertz CT molecular complexity index is 449. The molecule has 1 aromatic rings. The minimum Gasteiger partial charge on any atom is -0.310 e. The van der Waals surface area contributed by atoms with Gasteiger partial charge in [-0.1, -0.05) is 50.3 Å². The Balaban J connectivity index is 1.46. The average molecular weight is 292 g/mol.